The Labute approximate surface area is 94.6 Å². The summed E-state index contributed by atoms with van der Waals surface area (Å²) in [5, 5.41) is 18.2. The lowest BCUT2D eigenvalue weighted by Crippen LogP contribution is -2.20. The van der Waals surface area contributed by atoms with Crippen molar-refractivity contribution in [3.05, 3.63) is 22.2 Å². The van der Waals surface area contributed by atoms with Gasteiger partial charge in [0.25, 0.3) is 0 Å². The standard InChI is InChI=1S/C9H10BrNO4/c1-15-6-3-4(8(11)9(13)14)2-5(12)7(6)10/h2-3,8,12H,11H2,1H3,(H,13,14). The Bertz CT molecular complexity index is 394. The molecule has 0 aliphatic rings. The van der Waals surface area contributed by atoms with Gasteiger partial charge in [-0.05, 0) is 33.6 Å². The van der Waals surface area contributed by atoms with Crippen molar-refractivity contribution in [3.8, 4) is 11.5 Å². The van der Waals surface area contributed by atoms with Crippen LogP contribution in [0.15, 0.2) is 16.6 Å². The molecule has 0 saturated heterocycles. The van der Waals surface area contributed by atoms with Crippen LogP contribution in [0.2, 0.25) is 0 Å². The molecule has 0 aliphatic heterocycles. The number of aromatic hydroxyl groups is 1. The summed E-state index contributed by atoms with van der Waals surface area (Å²) in [5.41, 5.74) is 5.68. The Kier molecular flexibility index (Phi) is 3.54. The largest absolute Gasteiger partial charge is 0.507 e. The molecule has 0 fully saturated rings. The molecule has 1 atom stereocenters. The van der Waals surface area contributed by atoms with Crippen molar-refractivity contribution < 1.29 is 19.7 Å². The van der Waals surface area contributed by atoms with Crippen LogP contribution in [-0.2, 0) is 4.79 Å². The first kappa shape index (κ1) is 11.8. The van der Waals surface area contributed by atoms with Crippen molar-refractivity contribution in [1.29, 1.82) is 0 Å². The van der Waals surface area contributed by atoms with Gasteiger partial charge >= 0.3 is 5.97 Å². The third-order valence-corrected chi connectivity index (χ3v) is 2.68. The number of hydrogen-bond acceptors (Lipinski definition) is 4. The Balaban J connectivity index is 3.22. The predicted octanol–water partition coefficient (Wildman–Crippen LogP) is 1.25. The molecule has 6 heteroatoms. The molecule has 0 radical (unpaired) electrons. The number of phenols is 1. The van der Waals surface area contributed by atoms with E-state index >= 15 is 0 Å². The molecule has 15 heavy (non-hydrogen) atoms. The van der Waals surface area contributed by atoms with Crippen molar-refractivity contribution in [1.82, 2.24) is 0 Å². The van der Waals surface area contributed by atoms with Crippen LogP contribution < -0.4 is 10.5 Å². The van der Waals surface area contributed by atoms with Gasteiger partial charge in [-0.1, -0.05) is 0 Å². The SMILES string of the molecule is COc1cc(C(N)C(=O)O)cc(O)c1Br. The highest BCUT2D eigenvalue weighted by molar-refractivity contribution is 9.10. The first-order valence-corrected chi connectivity index (χ1v) is 4.81. The number of carboxylic acid groups (broad SMARTS) is 1. The summed E-state index contributed by atoms with van der Waals surface area (Å²) in [4.78, 5) is 10.6. The van der Waals surface area contributed by atoms with E-state index in [4.69, 9.17) is 15.6 Å². The first-order valence-electron chi connectivity index (χ1n) is 4.02. The van der Waals surface area contributed by atoms with Gasteiger partial charge in [-0.3, -0.25) is 4.79 Å². The Morgan fingerprint density at radius 2 is 2.20 bits per heavy atom. The topological polar surface area (TPSA) is 92.8 Å². The highest BCUT2D eigenvalue weighted by atomic mass is 79.9. The molecule has 0 saturated carbocycles. The third-order valence-electron chi connectivity index (χ3n) is 1.89. The van der Waals surface area contributed by atoms with Gasteiger partial charge < -0.3 is 20.7 Å². The number of methoxy groups -OCH3 is 1. The summed E-state index contributed by atoms with van der Waals surface area (Å²) in [6.45, 7) is 0. The van der Waals surface area contributed by atoms with E-state index in [0.29, 0.717) is 10.2 Å². The number of hydrogen-bond donors (Lipinski definition) is 3. The van der Waals surface area contributed by atoms with E-state index in [0.717, 1.165) is 0 Å². The number of halogens is 1. The van der Waals surface area contributed by atoms with Crippen LogP contribution >= 0.6 is 15.9 Å². The second kappa shape index (κ2) is 4.50. The number of ether oxygens (including phenoxy) is 1. The fourth-order valence-corrected chi connectivity index (χ4v) is 1.47. The lowest BCUT2D eigenvalue weighted by Gasteiger charge is -2.11. The molecule has 82 valence electrons. The van der Waals surface area contributed by atoms with Crippen LogP contribution in [0.1, 0.15) is 11.6 Å². The lowest BCUT2D eigenvalue weighted by atomic mass is 10.1. The van der Waals surface area contributed by atoms with Gasteiger partial charge in [-0.2, -0.15) is 0 Å². The van der Waals surface area contributed by atoms with E-state index in [1.54, 1.807) is 0 Å². The van der Waals surface area contributed by atoms with Crippen LogP contribution in [0.5, 0.6) is 11.5 Å². The normalized spacial score (nSPS) is 12.2. The van der Waals surface area contributed by atoms with Gasteiger partial charge in [-0.25, -0.2) is 0 Å². The number of carbonyl (C=O) groups is 1. The van der Waals surface area contributed by atoms with Gasteiger partial charge in [0, 0.05) is 0 Å². The average molecular weight is 276 g/mol. The quantitative estimate of drug-likeness (QED) is 0.772. The van der Waals surface area contributed by atoms with Gasteiger partial charge in [0.05, 0.1) is 7.11 Å². The number of nitrogens with two attached hydrogens (primary N) is 1. The van der Waals surface area contributed by atoms with Crippen molar-refractivity contribution in [2.45, 2.75) is 6.04 Å². The third kappa shape index (κ3) is 2.40. The highest BCUT2D eigenvalue weighted by Crippen LogP contribution is 2.36. The molecule has 1 rings (SSSR count). The number of phenolic OH excluding ortho intramolecular Hbond substituents is 1. The molecule has 0 heterocycles. The fraction of sp³-hybridized carbons (Fsp3) is 0.222. The summed E-state index contributed by atoms with van der Waals surface area (Å²) in [6, 6.07) is 1.56. The number of aliphatic carboxylic acids is 1. The van der Waals surface area contributed by atoms with Crippen molar-refractivity contribution in [2.24, 2.45) is 5.73 Å². The molecule has 0 bridgehead atoms. The van der Waals surface area contributed by atoms with Crippen LogP contribution in [0, 0.1) is 0 Å². The second-order valence-corrected chi connectivity index (χ2v) is 3.67. The number of rotatable bonds is 3. The minimum atomic E-state index is -1.18. The number of benzene rings is 1. The fourth-order valence-electron chi connectivity index (χ4n) is 1.07. The van der Waals surface area contributed by atoms with E-state index in [2.05, 4.69) is 15.9 Å². The lowest BCUT2D eigenvalue weighted by molar-refractivity contribution is -0.138. The molecule has 4 N–H and O–H groups in total. The summed E-state index contributed by atoms with van der Waals surface area (Å²) < 4.78 is 5.31. The van der Waals surface area contributed by atoms with Crippen LogP contribution in [0.3, 0.4) is 0 Å². The summed E-state index contributed by atoms with van der Waals surface area (Å²) in [6.07, 6.45) is 0. The van der Waals surface area contributed by atoms with E-state index in [-0.39, 0.29) is 11.3 Å². The van der Waals surface area contributed by atoms with Crippen molar-refractivity contribution >= 4 is 21.9 Å². The maximum absolute atomic E-state index is 10.6. The smallest absolute Gasteiger partial charge is 0.325 e. The number of carboxylic acids is 1. The second-order valence-electron chi connectivity index (χ2n) is 2.87. The zero-order valence-electron chi connectivity index (χ0n) is 7.90. The Morgan fingerprint density at radius 1 is 1.60 bits per heavy atom. The van der Waals surface area contributed by atoms with E-state index in [1.807, 2.05) is 0 Å². The zero-order chi connectivity index (χ0) is 11.6. The average Bonchev–Trinajstić information content (AvgIpc) is 2.20. The van der Waals surface area contributed by atoms with Gasteiger partial charge in [-0.15, -0.1) is 0 Å². The maximum atomic E-state index is 10.6. The molecule has 0 aliphatic carbocycles. The van der Waals surface area contributed by atoms with Gasteiger partial charge in [0.15, 0.2) is 0 Å². The Morgan fingerprint density at radius 3 is 2.67 bits per heavy atom. The van der Waals surface area contributed by atoms with Crippen LogP contribution in [0.4, 0.5) is 0 Å². The van der Waals surface area contributed by atoms with E-state index in [9.17, 15) is 9.90 Å². The monoisotopic (exact) mass is 275 g/mol. The summed E-state index contributed by atoms with van der Waals surface area (Å²) in [5.74, 6) is -0.943. The van der Waals surface area contributed by atoms with Crippen LogP contribution in [-0.4, -0.2) is 23.3 Å². The highest BCUT2D eigenvalue weighted by Gasteiger charge is 2.18. The van der Waals surface area contributed by atoms with E-state index in [1.165, 1.54) is 19.2 Å². The van der Waals surface area contributed by atoms with E-state index < -0.39 is 12.0 Å². The molecule has 0 amide bonds. The molecule has 5 nitrogen and oxygen atoms in total. The molecule has 1 aromatic rings. The van der Waals surface area contributed by atoms with Gasteiger partial charge in [0.2, 0.25) is 0 Å². The van der Waals surface area contributed by atoms with Crippen molar-refractivity contribution in [2.75, 3.05) is 7.11 Å². The first-order chi connectivity index (χ1) is 6.97. The molecular formula is C9H10BrNO4. The Hall–Kier alpha value is -1.27. The molecule has 1 aromatic carbocycles. The zero-order valence-corrected chi connectivity index (χ0v) is 9.48. The summed E-state index contributed by atoms with van der Waals surface area (Å²) >= 11 is 3.10. The van der Waals surface area contributed by atoms with Crippen molar-refractivity contribution in [3.63, 3.8) is 0 Å². The summed E-state index contributed by atoms with van der Waals surface area (Å²) in [7, 11) is 1.41. The molecule has 0 aromatic heterocycles. The maximum Gasteiger partial charge on any atom is 0.325 e. The molecule has 0 spiro atoms. The van der Waals surface area contributed by atoms with Crippen LogP contribution in [0.25, 0.3) is 0 Å². The minimum Gasteiger partial charge on any atom is -0.507 e. The minimum absolute atomic E-state index is 0.110. The van der Waals surface area contributed by atoms with Gasteiger partial charge in [0.1, 0.15) is 22.0 Å². The predicted molar refractivity (Wildman–Crippen MR) is 56.9 cm³/mol. The molecule has 1 unspecified atom stereocenters. The molecular weight excluding hydrogens is 266 g/mol.